The van der Waals surface area contributed by atoms with Gasteiger partial charge < -0.3 is 4.74 Å². The first kappa shape index (κ1) is 11.9. The molecule has 0 radical (unpaired) electrons. The maximum Gasteiger partial charge on any atom is 0.309 e. The Balaban J connectivity index is 2.50. The Morgan fingerprint density at radius 3 is 2.57 bits per heavy atom. The summed E-state index contributed by atoms with van der Waals surface area (Å²) in [6.45, 7) is 7.91. The van der Waals surface area contributed by atoms with Crippen LogP contribution in [0, 0.1) is 11.8 Å². The number of carbonyl (C=O) groups excluding carboxylic acids is 1. The molecular formula is C11H20O2S. The molecule has 1 aliphatic rings. The maximum atomic E-state index is 11.8. The maximum absolute atomic E-state index is 11.8. The van der Waals surface area contributed by atoms with Gasteiger partial charge in [-0.1, -0.05) is 6.92 Å². The van der Waals surface area contributed by atoms with E-state index in [0.717, 1.165) is 17.9 Å². The van der Waals surface area contributed by atoms with Crippen LogP contribution >= 0.6 is 11.8 Å². The van der Waals surface area contributed by atoms with Gasteiger partial charge in [-0.15, -0.1) is 0 Å². The van der Waals surface area contributed by atoms with Crippen molar-refractivity contribution in [3.63, 3.8) is 0 Å². The lowest BCUT2D eigenvalue weighted by molar-refractivity contribution is -0.161. The van der Waals surface area contributed by atoms with Gasteiger partial charge in [0.25, 0.3) is 0 Å². The third-order valence-electron chi connectivity index (χ3n) is 2.35. The van der Waals surface area contributed by atoms with Gasteiger partial charge in [0.1, 0.15) is 5.60 Å². The molecule has 0 aliphatic carbocycles. The highest BCUT2D eigenvalue weighted by atomic mass is 32.2. The molecule has 2 unspecified atom stereocenters. The number of carbonyl (C=O) groups is 1. The predicted molar refractivity (Wildman–Crippen MR) is 60.4 cm³/mol. The Bertz CT molecular complexity index is 208. The summed E-state index contributed by atoms with van der Waals surface area (Å²) in [4.78, 5) is 11.8. The third kappa shape index (κ3) is 3.52. The van der Waals surface area contributed by atoms with Gasteiger partial charge in [0.2, 0.25) is 0 Å². The molecule has 0 amide bonds. The molecule has 82 valence electrons. The van der Waals surface area contributed by atoms with Crippen molar-refractivity contribution < 1.29 is 9.53 Å². The molecule has 0 bridgehead atoms. The molecule has 0 saturated carbocycles. The molecule has 1 rings (SSSR count). The van der Waals surface area contributed by atoms with E-state index in [0.29, 0.717) is 5.92 Å². The van der Waals surface area contributed by atoms with Crippen LogP contribution in [0.5, 0.6) is 0 Å². The van der Waals surface area contributed by atoms with E-state index in [1.807, 2.05) is 32.5 Å². The fourth-order valence-corrected chi connectivity index (χ4v) is 2.80. The van der Waals surface area contributed by atoms with E-state index in [4.69, 9.17) is 4.74 Å². The Labute approximate surface area is 90.8 Å². The average molecular weight is 216 g/mol. The van der Waals surface area contributed by atoms with Gasteiger partial charge in [-0.05, 0) is 44.6 Å². The number of hydrogen-bond acceptors (Lipinski definition) is 3. The van der Waals surface area contributed by atoms with Crippen molar-refractivity contribution in [1.29, 1.82) is 0 Å². The fourth-order valence-electron chi connectivity index (χ4n) is 1.61. The first-order valence-corrected chi connectivity index (χ1v) is 6.36. The van der Waals surface area contributed by atoms with E-state index in [1.165, 1.54) is 0 Å². The van der Waals surface area contributed by atoms with E-state index >= 15 is 0 Å². The molecule has 2 nitrogen and oxygen atoms in total. The standard InChI is InChI=1S/C11H20O2S/c1-8-7-14-6-5-9(8)10(12)13-11(2,3)4/h8-9H,5-7H2,1-4H3. The van der Waals surface area contributed by atoms with E-state index in [2.05, 4.69) is 6.92 Å². The van der Waals surface area contributed by atoms with Crippen molar-refractivity contribution in [2.45, 2.75) is 39.7 Å². The Hall–Kier alpha value is -0.180. The lowest BCUT2D eigenvalue weighted by atomic mass is 9.92. The van der Waals surface area contributed by atoms with Gasteiger partial charge in [0.05, 0.1) is 5.92 Å². The molecular weight excluding hydrogens is 196 g/mol. The molecule has 14 heavy (non-hydrogen) atoms. The van der Waals surface area contributed by atoms with Crippen molar-refractivity contribution in [2.75, 3.05) is 11.5 Å². The summed E-state index contributed by atoms with van der Waals surface area (Å²) in [6, 6.07) is 0. The quantitative estimate of drug-likeness (QED) is 0.630. The number of rotatable bonds is 1. The van der Waals surface area contributed by atoms with Crippen molar-refractivity contribution in [3.05, 3.63) is 0 Å². The van der Waals surface area contributed by atoms with Gasteiger partial charge in [-0.25, -0.2) is 0 Å². The van der Waals surface area contributed by atoms with Crippen molar-refractivity contribution in [3.8, 4) is 0 Å². The molecule has 0 N–H and O–H groups in total. The zero-order chi connectivity index (χ0) is 10.8. The molecule has 1 fully saturated rings. The Kier molecular flexibility index (Phi) is 3.87. The van der Waals surface area contributed by atoms with Gasteiger partial charge in [0, 0.05) is 0 Å². The summed E-state index contributed by atoms with van der Waals surface area (Å²) >= 11 is 1.93. The molecule has 0 aromatic rings. The van der Waals surface area contributed by atoms with Gasteiger partial charge >= 0.3 is 5.97 Å². The Morgan fingerprint density at radius 2 is 2.07 bits per heavy atom. The molecule has 1 aliphatic heterocycles. The highest BCUT2D eigenvalue weighted by Gasteiger charge is 2.31. The second kappa shape index (κ2) is 4.56. The largest absolute Gasteiger partial charge is 0.460 e. The first-order chi connectivity index (χ1) is 6.40. The van der Waals surface area contributed by atoms with Crippen LogP contribution in [0.25, 0.3) is 0 Å². The molecule has 0 spiro atoms. The van der Waals surface area contributed by atoms with Crippen LogP contribution in [0.1, 0.15) is 34.1 Å². The second-order valence-corrected chi connectivity index (χ2v) is 6.13. The topological polar surface area (TPSA) is 26.3 Å². The van der Waals surface area contributed by atoms with E-state index < -0.39 is 0 Å². The molecule has 0 aromatic heterocycles. The van der Waals surface area contributed by atoms with Crippen LogP contribution in [0.3, 0.4) is 0 Å². The van der Waals surface area contributed by atoms with Crippen LogP contribution in [0.2, 0.25) is 0 Å². The van der Waals surface area contributed by atoms with Crippen LogP contribution in [0.15, 0.2) is 0 Å². The first-order valence-electron chi connectivity index (χ1n) is 5.21. The summed E-state index contributed by atoms with van der Waals surface area (Å²) < 4.78 is 5.40. The van der Waals surface area contributed by atoms with Crippen LogP contribution in [-0.2, 0) is 9.53 Å². The number of hydrogen-bond donors (Lipinski definition) is 0. The number of thioether (sulfide) groups is 1. The smallest absolute Gasteiger partial charge is 0.309 e. The molecule has 2 atom stereocenters. The lowest BCUT2D eigenvalue weighted by Crippen LogP contribution is -2.34. The highest BCUT2D eigenvalue weighted by molar-refractivity contribution is 7.99. The second-order valence-electron chi connectivity index (χ2n) is 4.98. The normalized spacial score (nSPS) is 28.6. The molecule has 1 saturated heterocycles. The minimum atomic E-state index is -0.346. The third-order valence-corrected chi connectivity index (χ3v) is 3.64. The predicted octanol–water partition coefficient (Wildman–Crippen LogP) is 2.72. The number of esters is 1. The van der Waals surface area contributed by atoms with E-state index in [-0.39, 0.29) is 17.5 Å². The minimum absolute atomic E-state index is 0.00898. The summed E-state index contributed by atoms with van der Waals surface area (Å²) in [7, 11) is 0. The molecule has 0 aromatic carbocycles. The Morgan fingerprint density at radius 1 is 1.43 bits per heavy atom. The monoisotopic (exact) mass is 216 g/mol. The zero-order valence-corrected chi connectivity index (χ0v) is 10.3. The summed E-state index contributed by atoms with van der Waals surface area (Å²) in [5.74, 6) is 2.75. The summed E-state index contributed by atoms with van der Waals surface area (Å²) in [6.07, 6.45) is 0.973. The lowest BCUT2D eigenvalue weighted by Gasteiger charge is -2.29. The van der Waals surface area contributed by atoms with Crippen molar-refractivity contribution in [1.82, 2.24) is 0 Å². The summed E-state index contributed by atoms with van der Waals surface area (Å²) in [5, 5.41) is 0. The zero-order valence-electron chi connectivity index (χ0n) is 9.50. The highest BCUT2D eigenvalue weighted by Crippen LogP contribution is 2.30. The average Bonchev–Trinajstić information content (AvgIpc) is 2.01. The SMILES string of the molecule is CC1CSCCC1C(=O)OC(C)(C)C. The van der Waals surface area contributed by atoms with Crippen LogP contribution < -0.4 is 0 Å². The van der Waals surface area contributed by atoms with Crippen LogP contribution in [0.4, 0.5) is 0 Å². The van der Waals surface area contributed by atoms with Crippen molar-refractivity contribution in [2.24, 2.45) is 11.8 Å². The molecule has 1 heterocycles. The van der Waals surface area contributed by atoms with Crippen LogP contribution in [-0.4, -0.2) is 23.1 Å². The summed E-state index contributed by atoms with van der Waals surface area (Å²) in [5.41, 5.74) is -0.346. The van der Waals surface area contributed by atoms with Gasteiger partial charge in [-0.3, -0.25) is 4.79 Å². The fraction of sp³-hybridized carbons (Fsp3) is 0.909. The van der Waals surface area contributed by atoms with Gasteiger partial charge in [-0.2, -0.15) is 11.8 Å². The van der Waals surface area contributed by atoms with E-state index in [9.17, 15) is 4.79 Å². The van der Waals surface area contributed by atoms with Crippen molar-refractivity contribution >= 4 is 17.7 Å². The number of ether oxygens (including phenoxy) is 1. The molecule has 3 heteroatoms. The minimum Gasteiger partial charge on any atom is -0.460 e. The van der Waals surface area contributed by atoms with Gasteiger partial charge in [0.15, 0.2) is 0 Å². The van der Waals surface area contributed by atoms with E-state index in [1.54, 1.807) is 0 Å².